The van der Waals surface area contributed by atoms with E-state index in [-0.39, 0.29) is 17.8 Å². The van der Waals surface area contributed by atoms with Crippen molar-refractivity contribution in [3.8, 4) is 0 Å². The van der Waals surface area contributed by atoms with Crippen LogP contribution in [0.2, 0.25) is 0 Å². The number of ether oxygens (including phenoxy) is 1. The van der Waals surface area contributed by atoms with Crippen LogP contribution < -0.4 is 10.6 Å². The largest absolute Gasteiger partial charge is 0.371 e. The van der Waals surface area contributed by atoms with Crippen LogP contribution in [0.15, 0.2) is 42.5 Å². The minimum Gasteiger partial charge on any atom is -0.371 e. The molecular weight excluding hydrogens is 347 g/mol. The third-order valence-electron chi connectivity index (χ3n) is 3.69. The molecule has 0 aliphatic heterocycles. The Balaban J connectivity index is 1.91. The van der Waals surface area contributed by atoms with Crippen molar-refractivity contribution in [3.63, 3.8) is 0 Å². The number of rotatable bonds is 5. The minimum absolute atomic E-state index is 0.0172. The van der Waals surface area contributed by atoms with Gasteiger partial charge >= 0.3 is 11.8 Å². The van der Waals surface area contributed by atoms with Gasteiger partial charge in [-0.3, -0.25) is 9.59 Å². The van der Waals surface area contributed by atoms with Crippen LogP contribution in [0.25, 0.3) is 0 Å². The highest BCUT2D eigenvalue weighted by atomic mass is 19.1. The molecular formula is C21H25FN2O3. The molecule has 0 spiro atoms. The molecule has 2 N–H and O–H groups in total. The lowest BCUT2D eigenvalue weighted by Crippen LogP contribution is -2.35. The molecule has 0 aliphatic carbocycles. The van der Waals surface area contributed by atoms with E-state index in [1.165, 1.54) is 12.1 Å². The van der Waals surface area contributed by atoms with Crippen LogP contribution in [0.5, 0.6) is 0 Å². The third-order valence-corrected chi connectivity index (χ3v) is 3.69. The van der Waals surface area contributed by atoms with Crippen LogP contribution in [-0.4, -0.2) is 17.4 Å². The Morgan fingerprint density at radius 3 is 2.44 bits per heavy atom. The first-order valence-electron chi connectivity index (χ1n) is 8.71. The SMILES string of the molecule is Cc1ccc(F)c(NC(=O)C(=O)NCc2cccc(COC(C)(C)C)c2)c1. The van der Waals surface area contributed by atoms with E-state index in [0.717, 1.165) is 16.7 Å². The highest BCUT2D eigenvalue weighted by Gasteiger charge is 2.16. The number of aryl methyl sites for hydroxylation is 1. The number of amides is 2. The number of benzene rings is 2. The molecule has 0 saturated carbocycles. The molecule has 5 nitrogen and oxygen atoms in total. The van der Waals surface area contributed by atoms with E-state index in [9.17, 15) is 14.0 Å². The number of halogens is 1. The van der Waals surface area contributed by atoms with Crippen LogP contribution in [0.3, 0.4) is 0 Å². The predicted molar refractivity (Wildman–Crippen MR) is 103 cm³/mol. The first-order valence-corrected chi connectivity index (χ1v) is 8.71. The quantitative estimate of drug-likeness (QED) is 0.787. The summed E-state index contributed by atoms with van der Waals surface area (Å²) >= 11 is 0. The van der Waals surface area contributed by atoms with E-state index < -0.39 is 17.6 Å². The Kier molecular flexibility index (Phi) is 6.69. The molecule has 2 aromatic carbocycles. The summed E-state index contributed by atoms with van der Waals surface area (Å²) in [6, 6.07) is 11.9. The highest BCUT2D eigenvalue weighted by molar-refractivity contribution is 6.39. The molecule has 2 rings (SSSR count). The molecule has 2 aromatic rings. The Labute approximate surface area is 158 Å². The summed E-state index contributed by atoms with van der Waals surface area (Å²) in [5.41, 5.74) is 2.33. The van der Waals surface area contributed by atoms with Gasteiger partial charge in [0.15, 0.2) is 0 Å². The van der Waals surface area contributed by atoms with Gasteiger partial charge in [-0.05, 0) is 56.5 Å². The second kappa shape index (κ2) is 8.77. The van der Waals surface area contributed by atoms with Crippen molar-refractivity contribution in [2.75, 3.05) is 5.32 Å². The Bertz CT molecular complexity index is 828. The fraction of sp³-hybridized carbons (Fsp3) is 0.333. The summed E-state index contributed by atoms with van der Waals surface area (Å²) in [6.07, 6.45) is 0. The van der Waals surface area contributed by atoms with Gasteiger partial charge in [0.2, 0.25) is 0 Å². The fourth-order valence-electron chi connectivity index (χ4n) is 2.31. The van der Waals surface area contributed by atoms with Gasteiger partial charge in [-0.1, -0.05) is 30.3 Å². The van der Waals surface area contributed by atoms with Crippen molar-refractivity contribution in [1.29, 1.82) is 0 Å². The van der Waals surface area contributed by atoms with Crippen molar-refractivity contribution in [2.24, 2.45) is 0 Å². The molecule has 0 aromatic heterocycles. The van der Waals surface area contributed by atoms with Crippen molar-refractivity contribution in [2.45, 2.75) is 46.4 Å². The van der Waals surface area contributed by atoms with Gasteiger partial charge in [0.05, 0.1) is 17.9 Å². The molecule has 144 valence electrons. The predicted octanol–water partition coefficient (Wildman–Crippen LogP) is 3.70. The summed E-state index contributed by atoms with van der Waals surface area (Å²) in [4.78, 5) is 24.0. The van der Waals surface area contributed by atoms with E-state index in [0.29, 0.717) is 6.61 Å². The number of hydrogen-bond acceptors (Lipinski definition) is 3. The average molecular weight is 372 g/mol. The van der Waals surface area contributed by atoms with Crippen molar-refractivity contribution >= 4 is 17.5 Å². The van der Waals surface area contributed by atoms with Gasteiger partial charge in [0, 0.05) is 6.54 Å². The second-order valence-corrected chi connectivity index (χ2v) is 7.34. The Hall–Kier alpha value is -2.73. The van der Waals surface area contributed by atoms with Gasteiger partial charge in [0.1, 0.15) is 5.82 Å². The molecule has 0 bridgehead atoms. The Morgan fingerprint density at radius 2 is 1.74 bits per heavy atom. The first-order chi connectivity index (χ1) is 12.6. The smallest absolute Gasteiger partial charge is 0.313 e. The molecule has 0 fully saturated rings. The fourth-order valence-corrected chi connectivity index (χ4v) is 2.31. The summed E-state index contributed by atoms with van der Waals surface area (Å²) in [5.74, 6) is -2.33. The Morgan fingerprint density at radius 1 is 1.04 bits per heavy atom. The van der Waals surface area contributed by atoms with E-state index in [4.69, 9.17) is 4.74 Å². The van der Waals surface area contributed by atoms with Crippen LogP contribution in [0.1, 0.15) is 37.5 Å². The number of nitrogens with one attached hydrogen (secondary N) is 2. The highest BCUT2D eigenvalue weighted by Crippen LogP contribution is 2.16. The molecule has 0 radical (unpaired) electrons. The summed E-state index contributed by atoms with van der Waals surface area (Å²) in [7, 11) is 0. The monoisotopic (exact) mass is 372 g/mol. The van der Waals surface area contributed by atoms with E-state index in [1.54, 1.807) is 13.0 Å². The maximum absolute atomic E-state index is 13.7. The zero-order valence-electron chi connectivity index (χ0n) is 16.1. The van der Waals surface area contributed by atoms with Crippen LogP contribution in [0, 0.1) is 12.7 Å². The van der Waals surface area contributed by atoms with Crippen molar-refractivity contribution < 1.29 is 18.7 Å². The lowest BCUT2D eigenvalue weighted by molar-refractivity contribution is -0.136. The number of carbonyl (C=O) groups is 2. The van der Waals surface area contributed by atoms with Gasteiger partial charge in [-0.25, -0.2) is 4.39 Å². The molecule has 27 heavy (non-hydrogen) atoms. The van der Waals surface area contributed by atoms with Gasteiger partial charge in [-0.15, -0.1) is 0 Å². The lowest BCUT2D eigenvalue weighted by atomic mass is 10.1. The van der Waals surface area contributed by atoms with E-state index in [2.05, 4.69) is 10.6 Å². The third kappa shape index (κ3) is 6.83. The molecule has 0 heterocycles. The standard InChI is InChI=1S/C21H25FN2O3/c1-14-8-9-17(22)18(10-14)24-20(26)19(25)23-12-15-6-5-7-16(11-15)13-27-21(2,3)4/h5-11H,12-13H2,1-4H3,(H,23,25)(H,24,26). The van der Waals surface area contributed by atoms with Crippen LogP contribution >= 0.6 is 0 Å². The maximum Gasteiger partial charge on any atom is 0.313 e. The number of hydrogen-bond donors (Lipinski definition) is 2. The van der Waals surface area contributed by atoms with Crippen molar-refractivity contribution in [3.05, 3.63) is 65.0 Å². The second-order valence-electron chi connectivity index (χ2n) is 7.34. The number of carbonyl (C=O) groups excluding carboxylic acids is 2. The molecule has 0 saturated heterocycles. The van der Waals surface area contributed by atoms with Gasteiger partial charge in [-0.2, -0.15) is 0 Å². The summed E-state index contributed by atoms with van der Waals surface area (Å²) in [5, 5.41) is 4.83. The molecule has 0 atom stereocenters. The topological polar surface area (TPSA) is 67.4 Å². The zero-order chi connectivity index (χ0) is 20.0. The van der Waals surface area contributed by atoms with Crippen LogP contribution in [0.4, 0.5) is 10.1 Å². The van der Waals surface area contributed by atoms with E-state index >= 15 is 0 Å². The van der Waals surface area contributed by atoms with Crippen molar-refractivity contribution in [1.82, 2.24) is 5.32 Å². The van der Waals surface area contributed by atoms with Gasteiger partial charge in [0.25, 0.3) is 0 Å². The number of anilines is 1. The molecule has 0 aliphatic rings. The van der Waals surface area contributed by atoms with Gasteiger partial charge < -0.3 is 15.4 Å². The average Bonchev–Trinajstić information content (AvgIpc) is 2.60. The molecule has 2 amide bonds. The molecule has 0 unspecified atom stereocenters. The summed E-state index contributed by atoms with van der Waals surface area (Å²) in [6.45, 7) is 8.35. The first kappa shape index (κ1) is 20.6. The zero-order valence-corrected chi connectivity index (χ0v) is 16.1. The van der Waals surface area contributed by atoms with Crippen LogP contribution in [-0.2, 0) is 27.5 Å². The summed E-state index contributed by atoms with van der Waals surface area (Å²) < 4.78 is 19.4. The molecule has 6 heteroatoms. The lowest BCUT2D eigenvalue weighted by Gasteiger charge is -2.19. The minimum atomic E-state index is -0.910. The normalized spacial score (nSPS) is 11.1. The maximum atomic E-state index is 13.7. The van der Waals surface area contributed by atoms with E-state index in [1.807, 2.05) is 45.0 Å².